The maximum Gasteiger partial charge on any atom is 0.0230 e. The Labute approximate surface area is 44.0 Å². The number of rotatable bonds is 1. The highest BCUT2D eigenvalue weighted by Gasteiger charge is 1.56. The molecule has 0 aromatic rings. The highest BCUT2D eigenvalue weighted by molar-refractivity contribution is 4.12. The molecule has 0 heterocycles. The van der Waals surface area contributed by atoms with Crippen molar-refractivity contribution < 1.29 is 1.37 Å². The van der Waals surface area contributed by atoms with E-state index < -0.39 is 0 Å². The van der Waals surface area contributed by atoms with Crippen molar-refractivity contribution in [2.24, 2.45) is 0 Å². The molecule has 0 heteroatoms. The Bertz CT molecular complexity index is 11.7. The Morgan fingerprint density at radius 2 is 1.83 bits per heavy atom. The molecule has 0 atom stereocenters. The fourth-order valence-corrected chi connectivity index (χ4v) is 0. The van der Waals surface area contributed by atoms with Gasteiger partial charge in [0.05, 0.1) is 0 Å². The first-order chi connectivity index (χ1) is 2.41. The van der Waals surface area contributed by atoms with Gasteiger partial charge in [-0.05, 0) is 0 Å². The number of unbranched alkanes of at least 4 members (excludes halogenated alkanes) is 1. The quantitative estimate of drug-likeness (QED) is 0.465. The van der Waals surface area contributed by atoms with Gasteiger partial charge in [-0.2, -0.15) is 0 Å². The van der Waals surface area contributed by atoms with Crippen LogP contribution in [0.2, 0.25) is 0 Å². The minimum Gasteiger partial charge on any atom is -0.0776 e. The average Bonchev–Trinajstić information content (AvgIpc) is 1.41. The van der Waals surface area contributed by atoms with Gasteiger partial charge in [0, 0.05) is 1.37 Å². The summed E-state index contributed by atoms with van der Waals surface area (Å²) in [5.74, 6) is 0. The van der Waals surface area contributed by atoms with E-state index in [1.807, 2.05) is 0 Å². The predicted molar refractivity (Wildman–Crippen MR) is 34.0 cm³/mol. The van der Waals surface area contributed by atoms with Crippen LogP contribution in [-0.2, 0) is 0 Å². The molecule has 0 bridgehead atoms. The van der Waals surface area contributed by atoms with E-state index in [-0.39, 0.29) is 14.9 Å². The molecule has 0 aliphatic heterocycles. The third-order valence-corrected chi connectivity index (χ3v) is 0.354. The molecule has 42 valence electrons. The molecule has 0 amide bonds. The molecule has 0 aromatic heterocycles. The molecule has 0 N–H and O–H groups in total. The van der Waals surface area contributed by atoms with Crippen molar-refractivity contribution in [1.29, 1.82) is 0 Å². The summed E-state index contributed by atoms with van der Waals surface area (Å²) in [6, 6.07) is 0. The van der Waals surface area contributed by atoms with Crippen molar-refractivity contribution in [2.45, 2.75) is 41.5 Å². The van der Waals surface area contributed by atoms with Crippen LogP contribution in [0.1, 0.15) is 42.9 Å². The van der Waals surface area contributed by atoms with E-state index in [2.05, 4.69) is 6.92 Å². The molecular weight excluding hydrogens is 72.1 g/mol. The van der Waals surface area contributed by atoms with Crippen LogP contribution in [0.4, 0.5) is 0 Å². The molecule has 0 saturated carbocycles. The zero-order valence-corrected chi connectivity index (χ0v) is 3.12. The van der Waals surface area contributed by atoms with Gasteiger partial charge < -0.3 is 0 Å². The highest BCUT2D eigenvalue weighted by atomic mass is 13.6. The second-order valence-corrected chi connectivity index (χ2v) is 0.854. The van der Waals surface area contributed by atoms with E-state index >= 15 is 0 Å². The number of hydrogen-bond donors (Lipinski definition) is 0. The largest absolute Gasteiger partial charge is 0.0776 e. The summed E-state index contributed by atoms with van der Waals surface area (Å²) in [7, 11) is 0. The Morgan fingerprint density at radius 1 is 1.33 bits per heavy atom. The molecule has 0 saturated heterocycles. The zero-order valence-electron chi connectivity index (χ0n) is 4.12. The van der Waals surface area contributed by atoms with Gasteiger partial charge in [0.2, 0.25) is 0 Å². The molecule has 0 aliphatic rings. The Balaban J connectivity index is -0.0000000800. The maximum absolute atomic E-state index is 6.60. The van der Waals surface area contributed by atoms with Crippen LogP contribution in [0.5, 0.6) is 0 Å². The maximum atomic E-state index is 6.60. The molecule has 0 aliphatic carbocycles. The highest BCUT2D eigenvalue weighted by Crippen LogP contribution is 1.76. The third-order valence-electron chi connectivity index (χ3n) is 0.354. The van der Waals surface area contributed by atoms with Crippen molar-refractivity contribution in [1.82, 2.24) is 0 Å². The van der Waals surface area contributed by atoms with Crippen molar-refractivity contribution in [3.63, 3.8) is 0 Å². The number of hydrogen-bond acceptors (Lipinski definition) is 0. The average molecular weight is 91.2 g/mol. The molecule has 0 fully saturated rings. The van der Waals surface area contributed by atoms with E-state index in [0.717, 1.165) is 12.8 Å². The minimum absolute atomic E-state index is 0. The second kappa shape index (κ2) is 20.0. The zero-order chi connectivity index (χ0) is 4.12. The summed E-state index contributed by atoms with van der Waals surface area (Å²) in [6.45, 7) is 2.69. The molecule has 0 unspecified atom stereocenters. The van der Waals surface area contributed by atoms with Crippen molar-refractivity contribution in [3.05, 3.63) is 0 Å². The van der Waals surface area contributed by atoms with E-state index in [1.165, 1.54) is 0 Å². The van der Waals surface area contributed by atoms with Gasteiger partial charge in [-0.25, -0.2) is 0 Å². The van der Waals surface area contributed by atoms with E-state index in [1.54, 1.807) is 0 Å². The molecular formula is C6H18. The summed E-state index contributed by atoms with van der Waals surface area (Å²) in [6.07, 6.45) is 2.21. The summed E-state index contributed by atoms with van der Waals surface area (Å²) < 4.78 is 6.60. The Morgan fingerprint density at radius 3 is 1.83 bits per heavy atom. The van der Waals surface area contributed by atoms with Crippen molar-refractivity contribution >= 4 is 0 Å². The van der Waals surface area contributed by atoms with Crippen LogP contribution in [0.25, 0.3) is 0 Å². The van der Waals surface area contributed by atoms with Crippen LogP contribution in [0.3, 0.4) is 0 Å². The van der Waals surface area contributed by atoms with Gasteiger partial charge in [-0.15, -0.1) is 0 Å². The molecule has 0 spiro atoms. The summed E-state index contributed by atoms with van der Waals surface area (Å²) in [5.41, 5.74) is 0. The Kier molecular flexibility index (Phi) is 31.2. The first-order valence-electron chi connectivity index (χ1n) is 2.41. The first-order valence-corrected chi connectivity index (χ1v) is 1.71. The lowest BCUT2D eigenvalue weighted by molar-refractivity contribution is 0.886. The van der Waals surface area contributed by atoms with Gasteiger partial charge in [0.1, 0.15) is 0 Å². The standard InChI is InChI=1S/C4H10.2CH4/c1-3-4-2;;/h3-4H2,1-2H3;2*1H4/i1D;;. The predicted octanol–water partition coefficient (Wildman–Crippen LogP) is 3.08. The van der Waals surface area contributed by atoms with Gasteiger partial charge in [0.15, 0.2) is 0 Å². The molecule has 0 radical (unpaired) electrons. The van der Waals surface area contributed by atoms with E-state index in [0.29, 0.717) is 6.90 Å². The van der Waals surface area contributed by atoms with Crippen molar-refractivity contribution in [3.8, 4) is 0 Å². The topological polar surface area (TPSA) is 0 Å². The van der Waals surface area contributed by atoms with Crippen LogP contribution < -0.4 is 0 Å². The molecule has 0 rings (SSSR count). The third kappa shape index (κ3) is 36.0. The lowest BCUT2D eigenvalue weighted by Gasteiger charge is -1.68. The van der Waals surface area contributed by atoms with Gasteiger partial charge in [-0.1, -0.05) is 41.5 Å². The molecule has 0 aromatic carbocycles. The minimum atomic E-state index is 0. The van der Waals surface area contributed by atoms with Crippen molar-refractivity contribution in [2.75, 3.05) is 0 Å². The van der Waals surface area contributed by atoms with Crippen LogP contribution >= 0.6 is 0 Å². The van der Waals surface area contributed by atoms with Crippen LogP contribution in [-0.4, -0.2) is 0 Å². The SMILES string of the molecule is C.C.[2H]CCCC. The van der Waals surface area contributed by atoms with Crippen LogP contribution in [0, 0.1) is 0 Å². The Hall–Kier alpha value is 0. The normalized spacial score (nSPS) is 7.17. The van der Waals surface area contributed by atoms with Gasteiger partial charge in [-0.3, -0.25) is 0 Å². The summed E-state index contributed by atoms with van der Waals surface area (Å²) >= 11 is 0. The molecule has 6 heavy (non-hydrogen) atoms. The van der Waals surface area contributed by atoms with Crippen LogP contribution in [0.15, 0.2) is 0 Å². The monoisotopic (exact) mass is 91.1 g/mol. The fourth-order valence-electron chi connectivity index (χ4n) is 0. The van der Waals surface area contributed by atoms with E-state index in [4.69, 9.17) is 1.37 Å². The van der Waals surface area contributed by atoms with Gasteiger partial charge in [0.25, 0.3) is 0 Å². The lowest BCUT2D eigenvalue weighted by Crippen LogP contribution is -1.47. The summed E-state index contributed by atoms with van der Waals surface area (Å²) in [5, 5.41) is 0. The fraction of sp³-hybridized carbons (Fsp3) is 1.00. The second-order valence-electron chi connectivity index (χ2n) is 0.854. The smallest absolute Gasteiger partial charge is 0.0230 e. The summed E-state index contributed by atoms with van der Waals surface area (Å²) in [4.78, 5) is 0. The first kappa shape index (κ1) is 9.38. The van der Waals surface area contributed by atoms with Gasteiger partial charge >= 0.3 is 0 Å². The van der Waals surface area contributed by atoms with E-state index in [9.17, 15) is 0 Å². The lowest BCUT2D eigenvalue weighted by atomic mass is 10.4. The molecule has 0 nitrogen and oxygen atoms in total.